The van der Waals surface area contributed by atoms with Crippen molar-refractivity contribution in [3.05, 3.63) is 194 Å². The molecule has 0 saturated carbocycles. The van der Waals surface area contributed by atoms with Crippen LogP contribution in [0.3, 0.4) is 0 Å². The molecule has 14 rings (SSSR count). The summed E-state index contributed by atoms with van der Waals surface area (Å²) in [6, 6.07) is 68.2. The smallest absolute Gasteiger partial charge is 0.164 e. The maximum atomic E-state index is 6.92. The molecule has 0 bridgehead atoms. The standard InChI is InChI=1S/C57H32N4O2/c1-2-12-34-25-39(22-21-33(34)11-1)55-58-56(40-23-24-51-45(28-40)43-18-8-10-20-50(43)62-51)60-57(59-55)41-30-49(54-46-27-36-14-4-6-16-38(36)31-52(46)63-53(54)32-41)61-47-19-9-7-17-42(47)44-26-35-13-3-5-15-37(35)29-48(44)61/h1-32H. The Hall–Kier alpha value is -8.61. The molecule has 0 atom stereocenters. The van der Waals surface area contributed by atoms with Gasteiger partial charge >= 0.3 is 0 Å². The molecule has 0 amide bonds. The van der Waals surface area contributed by atoms with Gasteiger partial charge in [-0.25, -0.2) is 15.0 Å². The van der Waals surface area contributed by atoms with Crippen molar-refractivity contribution in [2.75, 3.05) is 0 Å². The molecule has 4 aromatic heterocycles. The number of fused-ring (bicyclic) bond motifs is 12. The van der Waals surface area contributed by atoms with Crippen LogP contribution in [0.1, 0.15) is 0 Å². The van der Waals surface area contributed by atoms with E-state index in [1.165, 1.54) is 21.5 Å². The van der Waals surface area contributed by atoms with Crippen LogP contribution < -0.4 is 0 Å². The first-order valence-electron chi connectivity index (χ1n) is 21.2. The summed E-state index contributed by atoms with van der Waals surface area (Å²) < 4.78 is 15.5. The van der Waals surface area contributed by atoms with Gasteiger partial charge in [0, 0.05) is 43.6 Å². The molecule has 292 valence electrons. The van der Waals surface area contributed by atoms with E-state index in [1.807, 2.05) is 30.3 Å². The summed E-state index contributed by atoms with van der Waals surface area (Å²) in [5.74, 6) is 1.69. The van der Waals surface area contributed by atoms with Crippen LogP contribution in [0.5, 0.6) is 0 Å². The lowest BCUT2D eigenvalue weighted by atomic mass is 10.0. The number of furan rings is 2. The first kappa shape index (κ1) is 34.1. The Morgan fingerprint density at radius 1 is 0.302 bits per heavy atom. The van der Waals surface area contributed by atoms with Crippen LogP contribution in [0, 0.1) is 0 Å². The van der Waals surface area contributed by atoms with Crippen LogP contribution in [0.4, 0.5) is 0 Å². The van der Waals surface area contributed by atoms with Gasteiger partial charge < -0.3 is 13.4 Å². The average molecular weight is 805 g/mol. The molecule has 4 heterocycles. The number of rotatable bonds is 4. The van der Waals surface area contributed by atoms with E-state index in [0.29, 0.717) is 17.5 Å². The van der Waals surface area contributed by atoms with Crippen LogP contribution in [0.25, 0.3) is 138 Å². The largest absolute Gasteiger partial charge is 0.456 e. The second kappa shape index (κ2) is 12.9. The lowest BCUT2D eigenvalue weighted by Gasteiger charge is -2.14. The normalized spacial score (nSPS) is 12.1. The summed E-state index contributed by atoms with van der Waals surface area (Å²) in [7, 11) is 0. The van der Waals surface area contributed by atoms with E-state index in [4.69, 9.17) is 23.8 Å². The molecule has 0 unspecified atom stereocenters. The highest BCUT2D eigenvalue weighted by Gasteiger charge is 2.23. The van der Waals surface area contributed by atoms with Crippen molar-refractivity contribution in [1.82, 2.24) is 19.5 Å². The van der Waals surface area contributed by atoms with E-state index in [1.54, 1.807) is 0 Å². The van der Waals surface area contributed by atoms with Crippen molar-refractivity contribution in [3.8, 4) is 39.9 Å². The van der Waals surface area contributed by atoms with Crippen LogP contribution in [-0.4, -0.2) is 19.5 Å². The Labute approximate surface area is 358 Å². The predicted octanol–water partition coefficient (Wildman–Crippen LogP) is 15.2. The van der Waals surface area contributed by atoms with Crippen molar-refractivity contribution >= 4 is 98.0 Å². The second-order valence-corrected chi connectivity index (χ2v) is 16.4. The molecular formula is C57H32N4O2. The number of para-hydroxylation sites is 2. The van der Waals surface area contributed by atoms with E-state index in [9.17, 15) is 0 Å². The summed E-state index contributed by atoms with van der Waals surface area (Å²) >= 11 is 0. The van der Waals surface area contributed by atoms with Crippen molar-refractivity contribution in [2.45, 2.75) is 0 Å². The van der Waals surface area contributed by atoms with Gasteiger partial charge in [0.2, 0.25) is 0 Å². The van der Waals surface area contributed by atoms with Crippen LogP contribution >= 0.6 is 0 Å². The Balaban J connectivity index is 1.08. The van der Waals surface area contributed by atoms with E-state index >= 15 is 0 Å². The molecule has 0 aliphatic carbocycles. The van der Waals surface area contributed by atoms with Gasteiger partial charge in [0.15, 0.2) is 17.5 Å². The molecule has 0 N–H and O–H groups in total. The van der Waals surface area contributed by atoms with Gasteiger partial charge in [0.05, 0.1) is 22.1 Å². The maximum absolute atomic E-state index is 6.92. The zero-order valence-electron chi connectivity index (χ0n) is 33.6. The summed E-state index contributed by atoms with van der Waals surface area (Å²) in [4.78, 5) is 15.8. The van der Waals surface area contributed by atoms with Gasteiger partial charge in [0.25, 0.3) is 0 Å². The van der Waals surface area contributed by atoms with E-state index in [0.717, 1.165) is 98.8 Å². The molecular weight excluding hydrogens is 773 g/mol. The zero-order chi connectivity index (χ0) is 41.2. The Kier molecular flexibility index (Phi) is 7.02. The van der Waals surface area contributed by atoms with Crippen molar-refractivity contribution in [3.63, 3.8) is 0 Å². The molecule has 14 aromatic rings. The third-order valence-electron chi connectivity index (χ3n) is 12.7. The third kappa shape index (κ3) is 5.22. The lowest BCUT2D eigenvalue weighted by Crippen LogP contribution is -2.01. The molecule has 0 saturated heterocycles. The second-order valence-electron chi connectivity index (χ2n) is 16.4. The van der Waals surface area contributed by atoms with E-state index in [-0.39, 0.29) is 0 Å². The topological polar surface area (TPSA) is 69.9 Å². The molecule has 0 aliphatic rings. The minimum Gasteiger partial charge on any atom is -0.456 e. The van der Waals surface area contributed by atoms with Crippen LogP contribution in [-0.2, 0) is 0 Å². The fourth-order valence-electron chi connectivity index (χ4n) is 9.75. The number of aromatic nitrogens is 4. The van der Waals surface area contributed by atoms with E-state index in [2.05, 4.69) is 168 Å². The number of benzene rings is 10. The van der Waals surface area contributed by atoms with Gasteiger partial charge in [-0.2, -0.15) is 0 Å². The molecule has 0 aliphatic heterocycles. The molecule has 0 spiro atoms. The monoisotopic (exact) mass is 804 g/mol. The maximum Gasteiger partial charge on any atom is 0.164 e. The Bertz CT molecular complexity index is 4230. The number of hydrogen-bond donors (Lipinski definition) is 0. The predicted molar refractivity (Wildman–Crippen MR) is 258 cm³/mol. The number of hydrogen-bond acceptors (Lipinski definition) is 5. The summed E-state index contributed by atoms with van der Waals surface area (Å²) in [5, 5.41) is 13.4. The summed E-state index contributed by atoms with van der Waals surface area (Å²) in [6.07, 6.45) is 0. The van der Waals surface area contributed by atoms with E-state index < -0.39 is 0 Å². The fraction of sp³-hybridized carbons (Fsp3) is 0. The minimum absolute atomic E-state index is 0.542. The van der Waals surface area contributed by atoms with Crippen LogP contribution in [0.2, 0.25) is 0 Å². The summed E-state index contributed by atoms with van der Waals surface area (Å²) in [5.41, 5.74) is 9.01. The van der Waals surface area contributed by atoms with Crippen LogP contribution in [0.15, 0.2) is 203 Å². The average Bonchev–Trinajstić information content (AvgIpc) is 4.00. The first-order valence-corrected chi connectivity index (χ1v) is 21.2. The Morgan fingerprint density at radius 3 is 1.63 bits per heavy atom. The third-order valence-corrected chi connectivity index (χ3v) is 12.7. The zero-order valence-corrected chi connectivity index (χ0v) is 33.6. The summed E-state index contributed by atoms with van der Waals surface area (Å²) in [6.45, 7) is 0. The fourth-order valence-corrected chi connectivity index (χ4v) is 9.75. The van der Waals surface area contributed by atoms with Gasteiger partial charge in [-0.1, -0.05) is 121 Å². The van der Waals surface area contributed by atoms with Gasteiger partial charge in [0.1, 0.15) is 22.3 Å². The highest BCUT2D eigenvalue weighted by molar-refractivity contribution is 6.18. The van der Waals surface area contributed by atoms with Gasteiger partial charge in [-0.3, -0.25) is 0 Å². The minimum atomic E-state index is 0.542. The van der Waals surface area contributed by atoms with Gasteiger partial charge in [-0.05, 0) is 105 Å². The molecule has 6 heteroatoms. The molecule has 63 heavy (non-hydrogen) atoms. The van der Waals surface area contributed by atoms with Crippen molar-refractivity contribution in [1.29, 1.82) is 0 Å². The van der Waals surface area contributed by atoms with Crippen molar-refractivity contribution < 1.29 is 8.83 Å². The lowest BCUT2D eigenvalue weighted by molar-refractivity contribution is 0.668. The highest BCUT2D eigenvalue weighted by Crippen LogP contribution is 2.43. The van der Waals surface area contributed by atoms with Crippen molar-refractivity contribution in [2.24, 2.45) is 0 Å². The Morgan fingerprint density at radius 2 is 0.857 bits per heavy atom. The number of nitrogens with zero attached hydrogens (tertiary/aromatic N) is 4. The quantitative estimate of drug-likeness (QED) is 0.177. The molecule has 0 radical (unpaired) electrons. The molecule has 6 nitrogen and oxygen atoms in total. The SMILES string of the molecule is c1ccc2cc(-c3nc(-c4cc(-n5c6ccccc6c6cc7ccccc7cc65)c5c(c4)oc4cc6ccccc6cc45)nc(-c4ccc5oc6ccccc6c5c4)n3)ccc2c1. The molecule has 10 aromatic carbocycles. The molecule has 0 fully saturated rings. The highest BCUT2D eigenvalue weighted by atomic mass is 16.3. The first-order chi connectivity index (χ1) is 31.2. The van der Waals surface area contributed by atoms with Gasteiger partial charge in [-0.15, -0.1) is 0 Å².